The molecule has 0 aliphatic heterocycles. The molecule has 0 saturated heterocycles. The number of rotatable bonds is 4. The van der Waals surface area contributed by atoms with Crippen LogP contribution in [0.1, 0.15) is 10.4 Å². The van der Waals surface area contributed by atoms with E-state index in [0.717, 1.165) is 0 Å². The Bertz CT molecular complexity index is 790. The van der Waals surface area contributed by atoms with Crippen LogP contribution in [-0.2, 0) is 0 Å². The average Bonchev–Trinajstić information content (AvgIpc) is 2.45. The normalized spacial score (nSPS) is 12.1. The third-order valence-electron chi connectivity index (χ3n) is 3.64. The first-order valence-electron chi connectivity index (χ1n) is 8.01. The lowest BCUT2D eigenvalue weighted by Gasteiger charge is -2.33. The van der Waals surface area contributed by atoms with E-state index in [1.54, 1.807) is 33.2 Å². The number of anilines is 1. The summed E-state index contributed by atoms with van der Waals surface area (Å²) in [5, 5.41) is 0. The van der Waals surface area contributed by atoms with Crippen LogP contribution in [0.3, 0.4) is 0 Å². The number of hydrogen-bond acceptors (Lipinski definition) is 3. The molecule has 0 unspecified atom stereocenters. The third kappa shape index (κ3) is 3.91. The highest BCUT2D eigenvalue weighted by atomic mass is 28.3. The molecule has 0 spiro atoms. The molecule has 0 radical (unpaired) electrons. The molecule has 0 bridgehead atoms. The number of aromatic nitrogens is 2. The third-order valence-corrected chi connectivity index (χ3v) is 7.20. The van der Waals surface area contributed by atoms with Gasteiger partial charge in [-0.3, -0.25) is 4.79 Å². The molecule has 1 heterocycles. The Kier molecular flexibility index (Phi) is 4.96. The van der Waals surface area contributed by atoms with Crippen LogP contribution in [0.5, 0.6) is 0 Å². The van der Waals surface area contributed by atoms with Crippen molar-refractivity contribution >= 4 is 28.2 Å². The maximum absolute atomic E-state index is 13.0. The summed E-state index contributed by atoms with van der Waals surface area (Å²) in [5.41, 5.74) is 0.326. The standard InChI is InChI=1S/C17H25N3O2Si2/c1-23(2,3)19-13-12-15(18-17(19)22)20(24(4,5)6)16(21)14-10-8-7-9-11-14/h7-13H,1-6H3. The summed E-state index contributed by atoms with van der Waals surface area (Å²) in [4.78, 5) is 29.7. The minimum absolute atomic E-state index is 0.104. The minimum atomic E-state index is -2.08. The molecule has 0 atom stereocenters. The maximum Gasteiger partial charge on any atom is 0.341 e. The Morgan fingerprint density at radius 3 is 2.04 bits per heavy atom. The Balaban J connectivity index is 2.53. The van der Waals surface area contributed by atoms with Gasteiger partial charge in [0.1, 0.15) is 5.82 Å². The average molecular weight is 360 g/mol. The van der Waals surface area contributed by atoms with Gasteiger partial charge in [-0.15, -0.1) is 0 Å². The first-order valence-corrected chi connectivity index (χ1v) is 14.9. The van der Waals surface area contributed by atoms with Crippen LogP contribution in [0, 0.1) is 0 Å². The molecule has 1 aromatic carbocycles. The summed E-state index contributed by atoms with van der Waals surface area (Å²) in [6, 6.07) is 10.9. The summed E-state index contributed by atoms with van der Waals surface area (Å²) in [5.74, 6) is 0.343. The zero-order valence-electron chi connectivity index (χ0n) is 15.2. The van der Waals surface area contributed by atoms with Crippen molar-refractivity contribution < 1.29 is 4.79 Å². The molecule has 128 valence electrons. The Morgan fingerprint density at radius 2 is 1.58 bits per heavy atom. The molecule has 2 aromatic rings. The van der Waals surface area contributed by atoms with E-state index in [9.17, 15) is 9.59 Å². The molecule has 0 fully saturated rings. The highest BCUT2D eigenvalue weighted by Gasteiger charge is 2.32. The minimum Gasteiger partial charge on any atom is -0.328 e. The first kappa shape index (κ1) is 18.3. The van der Waals surface area contributed by atoms with Crippen molar-refractivity contribution in [2.24, 2.45) is 0 Å². The topological polar surface area (TPSA) is 55.2 Å². The monoisotopic (exact) mass is 359 g/mol. The van der Waals surface area contributed by atoms with Gasteiger partial charge < -0.3 is 8.80 Å². The predicted molar refractivity (Wildman–Crippen MR) is 104 cm³/mol. The molecule has 1 amide bonds. The van der Waals surface area contributed by atoms with E-state index in [-0.39, 0.29) is 11.6 Å². The predicted octanol–water partition coefficient (Wildman–Crippen LogP) is 3.41. The van der Waals surface area contributed by atoms with Gasteiger partial charge in [0.25, 0.3) is 5.91 Å². The van der Waals surface area contributed by atoms with Crippen molar-refractivity contribution in [2.45, 2.75) is 39.3 Å². The Morgan fingerprint density at radius 1 is 1.00 bits per heavy atom. The van der Waals surface area contributed by atoms with E-state index in [4.69, 9.17) is 0 Å². The summed E-state index contributed by atoms with van der Waals surface area (Å²) in [7, 11) is -3.90. The van der Waals surface area contributed by atoms with Gasteiger partial charge in [-0.2, -0.15) is 4.98 Å². The number of hydrogen-bond donors (Lipinski definition) is 0. The second kappa shape index (κ2) is 6.48. The molecular formula is C17H25N3O2Si2. The van der Waals surface area contributed by atoms with Gasteiger partial charge in [0.2, 0.25) is 0 Å². The molecule has 24 heavy (non-hydrogen) atoms. The fourth-order valence-corrected chi connectivity index (χ4v) is 5.19. The smallest absolute Gasteiger partial charge is 0.328 e. The largest absolute Gasteiger partial charge is 0.341 e. The zero-order valence-corrected chi connectivity index (χ0v) is 17.2. The number of nitrogens with zero attached hydrogens (tertiary/aromatic N) is 3. The van der Waals surface area contributed by atoms with Crippen molar-refractivity contribution in [3.05, 3.63) is 58.6 Å². The molecule has 0 aliphatic carbocycles. The van der Waals surface area contributed by atoms with Crippen LogP contribution in [0.2, 0.25) is 39.3 Å². The first-order chi connectivity index (χ1) is 11.0. The molecule has 2 rings (SSSR count). The maximum atomic E-state index is 13.0. The zero-order chi connectivity index (χ0) is 18.1. The van der Waals surface area contributed by atoms with Gasteiger partial charge in [0, 0.05) is 11.8 Å². The fraction of sp³-hybridized carbons (Fsp3) is 0.353. The van der Waals surface area contributed by atoms with E-state index < -0.39 is 16.5 Å². The van der Waals surface area contributed by atoms with Crippen LogP contribution in [-0.4, -0.2) is 31.6 Å². The fourth-order valence-electron chi connectivity index (χ4n) is 2.49. The van der Waals surface area contributed by atoms with Gasteiger partial charge in [0.05, 0.1) is 0 Å². The van der Waals surface area contributed by atoms with Crippen molar-refractivity contribution in [3.63, 3.8) is 0 Å². The molecule has 1 aromatic heterocycles. The number of amides is 1. The van der Waals surface area contributed by atoms with Crippen molar-refractivity contribution in [1.29, 1.82) is 0 Å². The van der Waals surface area contributed by atoms with E-state index in [1.807, 2.05) is 18.2 Å². The molecule has 0 N–H and O–H groups in total. The summed E-state index contributed by atoms with van der Waals surface area (Å²) in [6.07, 6.45) is 1.78. The number of carbonyl (C=O) groups is 1. The van der Waals surface area contributed by atoms with E-state index in [2.05, 4.69) is 44.3 Å². The molecule has 5 nitrogen and oxygen atoms in total. The SMILES string of the molecule is C[Si](C)(C)N(C(=O)c1ccccc1)c1ccn([Si](C)(C)C)c(=O)n1. The van der Waals surface area contributed by atoms with E-state index in [1.165, 1.54) is 0 Å². The molecule has 7 heteroatoms. The lowest BCUT2D eigenvalue weighted by atomic mass is 10.2. The number of carbonyl (C=O) groups excluding carboxylic acids is 1. The quantitative estimate of drug-likeness (QED) is 0.786. The summed E-state index contributed by atoms with van der Waals surface area (Å²) in [6.45, 7) is 12.5. The summed E-state index contributed by atoms with van der Waals surface area (Å²) >= 11 is 0. The van der Waals surface area contributed by atoms with Crippen LogP contribution >= 0.6 is 0 Å². The van der Waals surface area contributed by atoms with Crippen LogP contribution in [0.15, 0.2) is 47.4 Å². The highest BCUT2D eigenvalue weighted by Crippen LogP contribution is 2.21. The van der Waals surface area contributed by atoms with Gasteiger partial charge >= 0.3 is 5.69 Å². The Labute approximate surface area is 145 Å². The molecular weight excluding hydrogens is 334 g/mol. The number of benzene rings is 1. The lowest BCUT2D eigenvalue weighted by molar-refractivity contribution is 0.100. The van der Waals surface area contributed by atoms with Crippen LogP contribution in [0.4, 0.5) is 5.82 Å². The van der Waals surface area contributed by atoms with Crippen LogP contribution < -0.4 is 10.3 Å². The van der Waals surface area contributed by atoms with Crippen molar-refractivity contribution in [3.8, 4) is 0 Å². The second-order valence-electron chi connectivity index (χ2n) is 7.79. The van der Waals surface area contributed by atoms with Crippen LogP contribution in [0.25, 0.3) is 0 Å². The Hall–Kier alpha value is -2.00. The lowest BCUT2D eigenvalue weighted by Crippen LogP contribution is -2.52. The van der Waals surface area contributed by atoms with Crippen molar-refractivity contribution in [1.82, 2.24) is 9.22 Å². The molecule has 0 saturated carbocycles. The second-order valence-corrected chi connectivity index (χ2v) is 17.4. The van der Waals surface area contributed by atoms with Gasteiger partial charge in [-0.1, -0.05) is 57.5 Å². The highest BCUT2D eigenvalue weighted by molar-refractivity contribution is 6.83. The summed E-state index contributed by atoms with van der Waals surface area (Å²) < 4.78 is 3.43. The van der Waals surface area contributed by atoms with Gasteiger partial charge in [-0.25, -0.2) is 4.79 Å². The van der Waals surface area contributed by atoms with E-state index >= 15 is 0 Å². The van der Waals surface area contributed by atoms with Crippen molar-refractivity contribution in [2.75, 3.05) is 4.57 Å². The van der Waals surface area contributed by atoms with E-state index in [0.29, 0.717) is 11.4 Å². The van der Waals surface area contributed by atoms with Gasteiger partial charge in [-0.05, 0) is 18.2 Å². The molecule has 0 aliphatic rings. The van der Waals surface area contributed by atoms with Gasteiger partial charge in [0.15, 0.2) is 16.5 Å².